The third-order valence-corrected chi connectivity index (χ3v) is 4.49. The number of carbonyl (C=O) groups is 1. The van der Waals surface area contributed by atoms with Gasteiger partial charge in [0.15, 0.2) is 5.82 Å². The Balaban J connectivity index is 2.27. The van der Waals surface area contributed by atoms with E-state index in [9.17, 15) is 23.1 Å². The molecular formula is C15H22F3N3O2. The van der Waals surface area contributed by atoms with Crippen molar-refractivity contribution in [1.82, 2.24) is 14.5 Å². The number of aromatic nitrogens is 2. The van der Waals surface area contributed by atoms with E-state index in [0.717, 1.165) is 30.3 Å². The minimum atomic E-state index is -4.99. The number of halogens is 3. The van der Waals surface area contributed by atoms with Gasteiger partial charge in [0.05, 0.1) is 6.42 Å². The highest BCUT2D eigenvalue weighted by Gasteiger charge is 2.59. The van der Waals surface area contributed by atoms with Gasteiger partial charge in [-0.05, 0) is 19.8 Å². The Morgan fingerprint density at radius 2 is 2.04 bits per heavy atom. The number of carbonyl (C=O) groups excluding carboxylic acids is 1. The fourth-order valence-corrected chi connectivity index (χ4v) is 3.24. The van der Waals surface area contributed by atoms with Crippen LogP contribution in [0.25, 0.3) is 0 Å². The lowest BCUT2D eigenvalue weighted by Crippen LogP contribution is -2.50. The summed E-state index contributed by atoms with van der Waals surface area (Å²) in [7, 11) is 1.36. The number of aliphatic hydroxyl groups is 1. The topological polar surface area (TPSA) is 58.4 Å². The molecule has 1 unspecified atom stereocenters. The Morgan fingerprint density at radius 1 is 1.43 bits per heavy atom. The van der Waals surface area contributed by atoms with Gasteiger partial charge in [-0.1, -0.05) is 12.8 Å². The van der Waals surface area contributed by atoms with Crippen LogP contribution in [0.5, 0.6) is 0 Å². The van der Waals surface area contributed by atoms with Crippen LogP contribution < -0.4 is 0 Å². The minimum Gasteiger partial charge on any atom is -0.374 e. The van der Waals surface area contributed by atoms with Crippen LogP contribution in [-0.4, -0.2) is 44.2 Å². The van der Waals surface area contributed by atoms with Crippen LogP contribution >= 0.6 is 0 Å². The first-order chi connectivity index (χ1) is 10.7. The van der Waals surface area contributed by atoms with E-state index in [2.05, 4.69) is 4.98 Å². The van der Waals surface area contributed by atoms with Crippen molar-refractivity contribution in [1.29, 1.82) is 0 Å². The largest absolute Gasteiger partial charge is 0.425 e. The van der Waals surface area contributed by atoms with Crippen molar-refractivity contribution in [3.63, 3.8) is 0 Å². The average molecular weight is 333 g/mol. The molecule has 0 aliphatic heterocycles. The van der Waals surface area contributed by atoms with Gasteiger partial charge in [-0.3, -0.25) is 4.79 Å². The van der Waals surface area contributed by atoms with Crippen LogP contribution in [0.4, 0.5) is 13.2 Å². The third-order valence-electron chi connectivity index (χ3n) is 4.49. The van der Waals surface area contributed by atoms with Gasteiger partial charge in [-0.15, -0.1) is 0 Å². The van der Waals surface area contributed by atoms with Gasteiger partial charge in [0.1, 0.15) is 0 Å². The highest BCUT2D eigenvalue weighted by Crippen LogP contribution is 2.41. The summed E-state index contributed by atoms with van der Waals surface area (Å²) in [5.74, 6) is -1.26. The van der Waals surface area contributed by atoms with E-state index in [-0.39, 0.29) is 6.04 Å². The highest BCUT2D eigenvalue weighted by molar-refractivity contribution is 5.78. The molecule has 0 bridgehead atoms. The lowest BCUT2D eigenvalue weighted by atomic mass is 9.96. The summed E-state index contributed by atoms with van der Waals surface area (Å²) in [4.78, 5) is 17.5. The Morgan fingerprint density at radius 3 is 2.48 bits per heavy atom. The molecule has 1 aliphatic rings. The van der Waals surface area contributed by atoms with E-state index < -0.39 is 29.9 Å². The molecule has 1 aromatic heterocycles. The number of hydrogen-bond donors (Lipinski definition) is 1. The van der Waals surface area contributed by atoms with Crippen molar-refractivity contribution in [3.05, 3.63) is 18.2 Å². The second-order valence-electron chi connectivity index (χ2n) is 6.01. The molecule has 1 heterocycles. The summed E-state index contributed by atoms with van der Waals surface area (Å²) >= 11 is 0. The lowest BCUT2D eigenvalue weighted by Gasteiger charge is -2.34. The monoisotopic (exact) mass is 333 g/mol. The van der Waals surface area contributed by atoms with E-state index in [0.29, 0.717) is 6.54 Å². The van der Waals surface area contributed by atoms with Crippen LogP contribution in [0.1, 0.15) is 44.9 Å². The molecule has 1 aromatic rings. The van der Waals surface area contributed by atoms with E-state index in [1.807, 2.05) is 0 Å². The van der Waals surface area contributed by atoms with Gasteiger partial charge in [0.25, 0.3) is 0 Å². The third kappa shape index (κ3) is 3.36. The number of nitrogens with zero attached hydrogens (tertiary/aromatic N) is 3. The zero-order valence-corrected chi connectivity index (χ0v) is 13.3. The molecule has 23 heavy (non-hydrogen) atoms. The molecule has 0 radical (unpaired) electrons. The number of amides is 1. The average Bonchev–Trinajstić information content (AvgIpc) is 3.09. The van der Waals surface area contributed by atoms with E-state index in [1.54, 1.807) is 6.92 Å². The summed E-state index contributed by atoms with van der Waals surface area (Å²) in [5, 5.41) is 10.3. The normalized spacial score (nSPS) is 18.9. The molecule has 1 amide bonds. The predicted octanol–water partition coefficient (Wildman–Crippen LogP) is 2.35. The number of alkyl halides is 3. The number of aryl methyl sites for hydroxylation is 1. The first kappa shape index (κ1) is 17.8. The van der Waals surface area contributed by atoms with Crippen molar-refractivity contribution < 1.29 is 23.1 Å². The van der Waals surface area contributed by atoms with E-state index in [1.165, 1.54) is 24.3 Å². The lowest BCUT2D eigenvalue weighted by molar-refractivity contribution is -0.272. The van der Waals surface area contributed by atoms with Crippen molar-refractivity contribution >= 4 is 5.91 Å². The standard InChI is InChI=1S/C15H22F3N3O2/c1-3-21(11-6-4-5-7-11)12(22)10-14(23,15(16,17)18)13-19-8-9-20(13)2/h8-9,11,23H,3-7,10H2,1-2H3. The zero-order chi connectivity index (χ0) is 17.3. The van der Waals surface area contributed by atoms with Gasteiger partial charge in [-0.2, -0.15) is 13.2 Å². The number of imidazole rings is 1. The molecule has 2 rings (SSSR count). The van der Waals surface area contributed by atoms with Crippen LogP contribution in [0.2, 0.25) is 0 Å². The smallest absolute Gasteiger partial charge is 0.374 e. The van der Waals surface area contributed by atoms with Gasteiger partial charge >= 0.3 is 6.18 Å². The molecule has 1 N–H and O–H groups in total. The van der Waals surface area contributed by atoms with E-state index in [4.69, 9.17) is 0 Å². The summed E-state index contributed by atoms with van der Waals surface area (Å²) in [6.07, 6.45) is -0.0216. The number of rotatable bonds is 5. The predicted molar refractivity (Wildman–Crippen MR) is 77.4 cm³/mol. The summed E-state index contributed by atoms with van der Waals surface area (Å²) in [5.41, 5.74) is -3.28. The van der Waals surface area contributed by atoms with Gasteiger partial charge in [0, 0.05) is 32.0 Å². The van der Waals surface area contributed by atoms with Crippen molar-refractivity contribution in [2.45, 2.75) is 56.8 Å². The maximum Gasteiger partial charge on any atom is 0.425 e. The van der Waals surface area contributed by atoms with Gasteiger partial charge < -0.3 is 14.6 Å². The van der Waals surface area contributed by atoms with Crippen LogP contribution in [-0.2, 0) is 17.4 Å². The fraction of sp³-hybridized carbons (Fsp3) is 0.733. The van der Waals surface area contributed by atoms with Crippen molar-refractivity contribution in [2.24, 2.45) is 7.05 Å². The van der Waals surface area contributed by atoms with Gasteiger partial charge in [0.2, 0.25) is 11.5 Å². The Bertz CT molecular complexity index is 552. The molecule has 8 heteroatoms. The molecular weight excluding hydrogens is 311 g/mol. The van der Waals surface area contributed by atoms with Crippen molar-refractivity contribution in [3.8, 4) is 0 Å². The van der Waals surface area contributed by atoms with Gasteiger partial charge in [-0.25, -0.2) is 4.98 Å². The first-order valence-electron chi connectivity index (χ1n) is 7.77. The molecule has 0 aromatic carbocycles. The molecule has 1 fully saturated rings. The summed E-state index contributed by atoms with van der Waals surface area (Å²) < 4.78 is 41.5. The van der Waals surface area contributed by atoms with Crippen LogP contribution in [0, 0.1) is 0 Å². The minimum absolute atomic E-state index is 0.0358. The number of hydrogen-bond acceptors (Lipinski definition) is 3. The van der Waals surface area contributed by atoms with Crippen molar-refractivity contribution in [2.75, 3.05) is 6.54 Å². The quantitative estimate of drug-likeness (QED) is 0.900. The molecule has 130 valence electrons. The maximum absolute atomic E-state index is 13.5. The Hall–Kier alpha value is -1.57. The van der Waals surface area contributed by atoms with E-state index >= 15 is 0 Å². The molecule has 5 nitrogen and oxygen atoms in total. The summed E-state index contributed by atoms with van der Waals surface area (Å²) in [6.45, 7) is 2.07. The maximum atomic E-state index is 13.5. The first-order valence-corrected chi connectivity index (χ1v) is 7.77. The Labute approximate surface area is 133 Å². The molecule has 0 spiro atoms. The summed E-state index contributed by atoms with van der Waals surface area (Å²) in [6, 6.07) is -0.0358. The molecule has 0 saturated heterocycles. The Kier molecular flexibility index (Phi) is 5.03. The molecule has 1 aliphatic carbocycles. The molecule has 1 atom stereocenters. The fourth-order valence-electron chi connectivity index (χ4n) is 3.24. The highest BCUT2D eigenvalue weighted by atomic mass is 19.4. The molecule has 1 saturated carbocycles. The van der Waals surface area contributed by atoms with Crippen LogP contribution in [0.15, 0.2) is 12.4 Å². The SMILES string of the molecule is CCN(C(=O)CC(O)(c1nccn1C)C(F)(F)F)C1CCCC1. The zero-order valence-electron chi connectivity index (χ0n) is 13.3. The second-order valence-corrected chi connectivity index (χ2v) is 6.01. The second kappa shape index (κ2) is 6.51. The van der Waals surface area contributed by atoms with Crippen LogP contribution in [0.3, 0.4) is 0 Å².